The predicted molar refractivity (Wildman–Crippen MR) is 102 cm³/mol. The van der Waals surface area contributed by atoms with Gasteiger partial charge in [0.15, 0.2) is 5.17 Å². The van der Waals surface area contributed by atoms with Gasteiger partial charge in [-0.1, -0.05) is 23.7 Å². The maximum Gasteiger partial charge on any atom is 0.264 e. The van der Waals surface area contributed by atoms with E-state index in [9.17, 15) is 4.79 Å². The average molecular weight is 375 g/mol. The number of ether oxygens (including phenoxy) is 2. The van der Waals surface area contributed by atoms with Crippen LogP contribution in [-0.4, -0.2) is 25.3 Å². The third-order valence-corrected chi connectivity index (χ3v) is 4.59. The van der Waals surface area contributed by atoms with E-state index in [0.29, 0.717) is 32.3 Å². The van der Waals surface area contributed by atoms with Gasteiger partial charge in [0.05, 0.1) is 19.1 Å². The second-order valence-corrected chi connectivity index (χ2v) is 6.54. The van der Waals surface area contributed by atoms with Crippen LogP contribution in [0.5, 0.6) is 11.5 Å². The molecule has 0 radical (unpaired) electrons. The molecule has 2 aromatic rings. The van der Waals surface area contributed by atoms with Crippen LogP contribution in [0.1, 0.15) is 5.56 Å². The van der Waals surface area contributed by atoms with Crippen molar-refractivity contribution in [2.45, 2.75) is 0 Å². The molecule has 0 saturated carbocycles. The molecule has 0 unspecified atom stereocenters. The summed E-state index contributed by atoms with van der Waals surface area (Å²) in [6.45, 7) is 0. The van der Waals surface area contributed by atoms with E-state index in [1.54, 1.807) is 50.6 Å². The van der Waals surface area contributed by atoms with E-state index in [1.165, 1.54) is 11.8 Å². The van der Waals surface area contributed by atoms with Crippen molar-refractivity contribution in [3.8, 4) is 11.5 Å². The summed E-state index contributed by atoms with van der Waals surface area (Å²) in [6, 6.07) is 12.6. The Morgan fingerprint density at radius 2 is 1.88 bits per heavy atom. The Balaban J connectivity index is 1.85. The fourth-order valence-corrected chi connectivity index (χ4v) is 3.14. The molecule has 1 aliphatic rings. The third kappa shape index (κ3) is 4.15. The molecule has 1 fully saturated rings. The Bertz CT molecular complexity index is 863. The predicted octanol–water partition coefficient (Wildman–Crippen LogP) is 4.25. The molecule has 0 atom stereocenters. The third-order valence-electron chi connectivity index (χ3n) is 3.43. The van der Waals surface area contributed by atoms with Crippen molar-refractivity contribution in [1.29, 1.82) is 0 Å². The van der Waals surface area contributed by atoms with Gasteiger partial charge in [-0.2, -0.15) is 0 Å². The second-order valence-electron chi connectivity index (χ2n) is 5.07. The summed E-state index contributed by atoms with van der Waals surface area (Å²) in [4.78, 5) is 17.2. The van der Waals surface area contributed by atoms with Gasteiger partial charge in [-0.25, -0.2) is 4.99 Å². The minimum Gasteiger partial charge on any atom is -0.497 e. The lowest BCUT2D eigenvalue weighted by Crippen LogP contribution is -2.19. The summed E-state index contributed by atoms with van der Waals surface area (Å²) in [5.41, 5.74) is 1.50. The highest BCUT2D eigenvalue weighted by molar-refractivity contribution is 8.18. The molecule has 3 rings (SSSR count). The number of methoxy groups -OCH3 is 2. The van der Waals surface area contributed by atoms with Gasteiger partial charge < -0.3 is 14.8 Å². The monoisotopic (exact) mass is 374 g/mol. The highest BCUT2D eigenvalue weighted by atomic mass is 35.5. The number of benzene rings is 2. The zero-order valence-electron chi connectivity index (χ0n) is 13.6. The maximum atomic E-state index is 12.1. The maximum absolute atomic E-state index is 12.1. The second kappa shape index (κ2) is 7.63. The number of hydrogen-bond acceptors (Lipinski definition) is 5. The summed E-state index contributed by atoms with van der Waals surface area (Å²) in [5.74, 6) is 1.05. The molecule has 1 heterocycles. The van der Waals surface area contributed by atoms with Gasteiger partial charge in [0.25, 0.3) is 5.91 Å². The number of nitrogens with one attached hydrogen (secondary N) is 1. The summed E-state index contributed by atoms with van der Waals surface area (Å²) in [6.07, 6.45) is 1.80. The lowest BCUT2D eigenvalue weighted by molar-refractivity contribution is -0.115. The van der Waals surface area contributed by atoms with E-state index in [0.717, 1.165) is 5.56 Å². The largest absolute Gasteiger partial charge is 0.497 e. The minimum absolute atomic E-state index is 0.189. The van der Waals surface area contributed by atoms with Crippen LogP contribution in [0.2, 0.25) is 5.02 Å². The van der Waals surface area contributed by atoms with Crippen molar-refractivity contribution in [3.63, 3.8) is 0 Å². The number of carbonyl (C=O) groups excluding carboxylic acids is 1. The molecule has 0 aliphatic carbocycles. The fraction of sp³-hybridized carbons (Fsp3) is 0.111. The van der Waals surface area contributed by atoms with Gasteiger partial charge >= 0.3 is 0 Å². The standard InChI is InChI=1S/C18H15ClN2O3S/c1-23-13-7-8-14(15(10-13)24-2)20-18-21-17(22)16(25-18)9-11-3-5-12(19)6-4-11/h3-10H,1-2H3,(H,20,21,22)/b16-9-. The van der Waals surface area contributed by atoms with Crippen LogP contribution in [-0.2, 0) is 4.79 Å². The molecule has 5 nitrogen and oxygen atoms in total. The first-order valence-corrected chi connectivity index (χ1v) is 8.55. The normalized spacial score (nSPS) is 17.0. The molecule has 1 N–H and O–H groups in total. The number of thioether (sulfide) groups is 1. The van der Waals surface area contributed by atoms with Crippen molar-refractivity contribution in [3.05, 3.63) is 58.0 Å². The molecule has 0 aromatic heterocycles. The van der Waals surface area contributed by atoms with Gasteiger partial charge in [0.1, 0.15) is 17.2 Å². The van der Waals surface area contributed by atoms with Crippen LogP contribution in [0.15, 0.2) is 52.4 Å². The summed E-state index contributed by atoms with van der Waals surface area (Å²) < 4.78 is 10.5. The Kier molecular flexibility index (Phi) is 5.31. The molecule has 0 spiro atoms. The number of nitrogens with zero attached hydrogens (tertiary/aromatic N) is 1. The first-order chi connectivity index (χ1) is 12.1. The van der Waals surface area contributed by atoms with E-state index in [1.807, 2.05) is 12.1 Å². The number of amidine groups is 1. The molecule has 1 amide bonds. The molecule has 2 aromatic carbocycles. The fourth-order valence-electron chi connectivity index (χ4n) is 2.18. The number of amides is 1. The number of halogens is 1. The molecule has 7 heteroatoms. The van der Waals surface area contributed by atoms with Crippen LogP contribution < -0.4 is 14.8 Å². The summed E-state index contributed by atoms with van der Waals surface area (Å²) in [5, 5.41) is 3.90. The quantitative estimate of drug-likeness (QED) is 0.813. The van der Waals surface area contributed by atoms with E-state index < -0.39 is 0 Å². The van der Waals surface area contributed by atoms with E-state index in [4.69, 9.17) is 21.1 Å². The molecule has 0 bridgehead atoms. The molecular formula is C18H15ClN2O3S. The van der Waals surface area contributed by atoms with Crippen molar-refractivity contribution >= 4 is 46.2 Å². The van der Waals surface area contributed by atoms with Crippen LogP contribution in [0.4, 0.5) is 5.69 Å². The van der Waals surface area contributed by atoms with Crippen LogP contribution >= 0.6 is 23.4 Å². The van der Waals surface area contributed by atoms with Gasteiger partial charge in [-0.05, 0) is 47.7 Å². The van der Waals surface area contributed by atoms with Gasteiger partial charge in [-0.15, -0.1) is 0 Å². The highest BCUT2D eigenvalue weighted by Crippen LogP contribution is 2.34. The average Bonchev–Trinajstić information content (AvgIpc) is 2.96. The molecular weight excluding hydrogens is 360 g/mol. The Hall–Kier alpha value is -2.44. The molecule has 128 valence electrons. The van der Waals surface area contributed by atoms with Crippen molar-refractivity contribution in [2.75, 3.05) is 14.2 Å². The number of hydrogen-bond donors (Lipinski definition) is 1. The zero-order chi connectivity index (χ0) is 17.8. The molecule has 1 aliphatic heterocycles. The Morgan fingerprint density at radius 3 is 2.56 bits per heavy atom. The van der Waals surface area contributed by atoms with E-state index in [-0.39, 0.29) is 5.91 Å². The number of aliphatic imine (C=N–C) groups is 1. The summed E-state index contributed by atoms with van der Waals surface area (Å²) in [7, 11) is 3.14. The van der Waals surface area contributed by atoms with Crippen LogP contribution in [0.25, 0.3) is 6.08 Å². The smallest absolute Gasteiger partial charge is 0.264 e. The lowest BCUT2D eigenvalue weighted by Gasteiger charge is -2.07. The van der Waals surface area contributed by atoms with Crippen LogP contribution in [0.3, 0.4) is 0 Å². The van der Waals surface area contributed by atoms with Gasteiger partial charge in [-0.3, -0.25) is 4.79 Å². The van der Waals surface area contributed by atoms with E-state index in [2.05, 4.69) is 10.3 Å². The van der Waals surface area contributed by atoms with E-state index >= 15 is 0 Å². The van der Waals surface area contributed by atoms with Crippen molar-refractivity contribution < 1.29 is 14.3 Å². The van der Waals surface area contributed by atoms with Crippen LogP contribution in [0, 0.1) is 0 Å². The molecule has 25 heavy (non-hydrogen) atoms. The number of carbonyl (C=O) groups is 1. The van der Waals surface area contributed by atoms with Gasteiger partial charge in [0, 0.05) is 11.1 Å². The highest BCUT2D eigenvalue weighted by Gasteiger charge is 2.24. The molecule has 1 saturated heterocycles. The first-order valence-electron chi connectivity index (χ1n) is 7.36. The van der Waals surface area contributed by atoms with Crippen molar-refractivity contribution in [1.82, 2.24) is 5.32 Å². The Labute approximate surface area is 154 Å². The first kappa shape index (κ1) is 17.4. The minimum atomic E-state index is -0.189. The SMILES string of the molecule is COc1ccc(N=C2NC(=O)/C(=C/c3ccc(Cl)cc3)S2)c(OC)c1. The van der Waals surface area contributed by atoms with Crippen molar-refractivity contribution in [2.24, 2.45) is 4.99 Å². The Morgan fingerprint density at radius 1 is 1.12 bits per heavy atom. The van der Waals surface area contributed by atoms with Gasteiger partial charge in [0.2, 0.25) is 0 Å². The topological polar surface area (TPSA) is 59.9 Å². The summed E-state index contributed by atoms with van der Waals surface area (Å²) >= 11 is 7.15. The number of rotatable bonds is 4. The zero-order valence-corrected chi connectivity index (χ0v) is 15.1. The lowest BCUT2D eigenvalue weighted by atomic mass is 10.2.